The van der Waals surface area contributed by atoms with Crippen molar-refractivity contribution in [2.45, 2.75) is 25.4 Å². The van der Waals surface area contributed by atoms with Gasteiger partial charge in [-0.05, 0) is 37.0 Å². The van der Waals surface area contributed by atoms with Crippen LogP contribution in [0, 0.1) is 11.3 Å². The molecule has 0 radical (unpaired) electrons. The van der Waals surface area contributed by atoms with Gasteiger partial charge in [-0.15, -0.1) is 0 Å². The zero-order valence-electron chi connectivity index (χ0n) is 11.1. The molecule has 0 spiro atoms. The molecule has 0 saturated heterocycles. The maximum absolute atomic E-state index is 12.6. The zero-order valence-corrected chi connectivity index (χ0v) is 11.9. The van der Waals surface area contributed by atoms with E-state index in [1.54, 1.807) is 11.8 Å². The molecule has 0 aromatic carbocycles. The Labute approximate surface area is 120 Å². The lowest BCUT2D eigenvalue weighted by Crippen LogP contribution is -2.12. The number of hydrogen-bond acceptors (Lipinski definition) is 4. The second kappa shape index (κ2) is 8.00. The molecule has 1 rings (SSSR count). The fourth-order valence-electron chi connectivity index (χ4n) is 1.60. The molecule has 0 fully saturated rings. The van der Waals surface area contributed by atoms with E-state index < -0.39 is 11.9 Å². The van der Waals surface area contributed by atoms with Gasteiger partial charge in [-0.2, -0.15) is 30.2 Å². The highest BCUT2D eigenvalue weighted by atomic mass is 32.2. The van der Waals surface area contributed by atoms with Gasteiger partial charge in [0.25, 0.3) is 0 Å². The fourth-order valence-corrected chi connectivity index (χ4v) is 2.09. The number of hydrogen-bond donors (Lipinski definition) is 1. The molecule has 0 aliphatic rings. The van der Waals surface area contributed by atoms with Gasteiger partial charge in [-0.25, -0.2) is 4.98 Å². The number of nitrogens with zero attached hydrogens (tertiary/aromatic N) is 2. The first-order valence-electron chi connectivity index (χ1n) is 6.20. The van der Waals surface area contributed by atoms with E-state index in [-0.39, 0.29) is 11.4 Å². The summed E-state index contributed by atoms with van der Waals surface area (Å²) in [4.78, 5) is 3.49. The van der Waals surface area contributed by atoms with Gasteiger partial charge in [-0.1, -0.05) is 6.42 Å². The van der Waals surface area contributed by atoms with Crippen LogP contribution in [0.5, 0.6) is 0 Å². The molecule has 1 heterocycles. The first-order chi connectivity index (χ1) is 9.49. The Balaban J connectivity index is 2.61. The molecule has 110 valence electrons. The van der Waals surface area contributed by atoms with Crippen LogP contribution >= 0.6 is 11.8 Å². The third kappa shape index (κ3) is 5.29. The van der Waals surface area contributed by atoms with Crippen LogP contribution in [0.25, 0.3) is 0 Å². The van der Waals surface area contributed by atoms with Gasteiger partial charge < -0.3 is 5.32 Å². The number of anilines is 1. The Kier molecular flexibility index (Phi) is 6.65. The summed E-state index contributed by atoms with van der Waals surface area (Å²) >= 11 is 1.77. The van der Waals surface area contributed by atoms with Crippen LogP contribution in [0.1, 0.15) is 30.5 Å². The highest BCUT2D eigenvalue weighted by Gasteiger charge is 2.33. The lowest BCUT2D eigenvalue weighted by molar-refractivity contribution is -0.141. The van der Waals surface area contributed by atoms with E-state index in [9.17, 15) is 13.2 Å². The van der Waals surface area contributed by atoms with Crippen molar-refractivity contribution in [1.82, 2.24) is 4.98 Å². The number of alkyl halides is 3. The molecule has 1 N–H and O–H groups in total. The Morgan fingerprint density at radius 1 is 1.30 bits per heavy atom. The van der Waals surface area contributed by atoms with Gasteiger partial charge in [0.15, 0.2) is 0 Å². The second-order valence-electron chi connectivity index (χ2n) is 4.18. The van der Waals surface area contributed by atoms with Gasteiger partial charge >= 0.3 is 6.18 Å². The molecule has 0 unspecified atom stereocenters. The Bertz CT molecular complexity index is 469. The number of pyridine rings is 1. The van der Waals surface area contributed by atoms with E-state index in [0.29, 0.717) is 6.54 Å². The van der Waals surface area contributed by atoms with Crippen LogP contribution in [0.3, 0.4) is 0 Å². The molecule has 0 aliphatic carbocycles. The van der Waals surface area contributed by atoms with Crippen molar-refractivity contribution < 1.29 is 13.2 Å². The third-order valence-corrected chi connectivity index (χ3v) is 3.32. The van der Waals surface area contributed by atoms with Gasteiger partial charge in [-0.3, -0.25) is 0 Å². The van der Waals surface area contributed by atoms with E-state index in [4.69, 9.17) is 5.26 Å². The number of unbranched alkanes of at least 4 members (excludes halogenated alkanes) is 2. The molecule has 0 atom stereocenters. The second-order valence-corrected chi connectivity index (χ2v) is 5.17. The topological polar surface area (TPSA) is 48.7 Å². The van der Waals surface area contributed by atoms with Gasteiger partial charge in [0.05, 0.1) is 5.56 Å². The fraction of sp³-hybridized carbons (Fsp3) is 0.538. The van der Waals surface area contributed by atoms with Crippen LogP contribution in [-0.2, 0) is 6.18 Å². The summed E-state index contributed by atoms with van der Waals surface area (Å²) in [5.74, 6) is 1.08. The van der Waals surface area contributed by atoms with Gasteiger partial charge in [0, 0.05) is 6.54 Å². The average molecular weight is 303 g/mol. The Hall–Kier alpha value is -1.42. The number of nitrogens with one attached hydrogen (secondary N) is 1. The SMILES string of the molecule is CSCCCCCNc1nc(C(F)(F)F)ccc1C#N. The molecule has 0 amide bonds. The van der Waals surface area contributed by atoms with Crippen molar-refractivity contribution in [3.8, 4) is 6.07 Å². The summed E-state index contributed by atoms with van der Waals surface area (Å²) in [7, 11) is 0. The van der Waals surface area contributed by atoms with Crippen molar-refractivity contribution in [1.29, 1.82) is 5.26 Å². The smallest absolute Gasteiger partial charge is 0.369 e. The maximum Gasteiger partial charge on any atom is 0.433 e. The van der Waals surface area contributed by atoms with Crippen LogP contribution < -0.4 is 5.32 Å². The van der Waals surface area contributed by atoms with E-state index in [0.717, 1.165) is 37.1 Å². The number of thioether (sulfide) groups is 1. The van der Waals surface area contributed by atoms with Crippen molar-refractivity contribution in [2.75, 3.05) is 23.9 Å². The van der Waals surface area contributed by atoms with Crippen molar-refractivity contribution in [3.63, 3.8) is 0 Å². The molecule has 3 nitrogen and oxygen atoms in total. The summed E-state index contributed by atoms with van der Waals surface area (Å²) in [5, 5.41) is 11.7. The van der Waals surface area contributed by atoms with Crippen LogP contribution in [-0.4, -0.2) is 23.5 Å². The molecule has 0 aliphatic heterocycles. The van der Waals surface area contributed by atoms with E-state index >= 15 is 0 Å². The summed E-state index contributed by atoms with van der Waals surface area (Å²) in [6.07, 6.45) is 0.439. The zero-order chi connectivity index (χ0) is 15.0. The minimum absolute atomic E-state index is 0.00666. The predicted molar refractivity (Wildman–Crippen MR) is 74.7 cm³/mol. The summed E-state index contributed by atoms with van der Waals surface area (Å²) in [5.41, 5.74) is -0.858. The van der Waals surface area contributed by atoms with E-state index in [1.165, 1.54) is 0 Å². The van der Waals surface area contributed by atoms with Crippen molar-refractivity contribution in [3.05, 3.63) is 23.4 Å². The standard InChI is InChI=1S/C13H16F3N3S/c1-20-8-4-2-3-7-18-12-10(9-17)5-6-11(19-12)13(14,15)16/h5-6H,2-4,7-8H2,1H3,(H,18,19). The maximum atomic E-state index is 12.6. The van der Waals surface area contributed by atoms with Crippen LogP contribution in [0.15, 0.2) is 12.1 Å². The molecule has 0 bridgehead atoms. The molecule has 0 saturated carbocycles. The molecular weight excluding hydrogens is 287 g/mol. The first-order valence-corrected chi connectivity index (χ1v) is 7.59. The number of nitriles is 1. The summed E-state index contributed by atoms with van der Waals surface area (Å²) in [6, 6.07) is 3.81. The molecule has 1 aromatic heterocycles. The average Bonchev–Trinajstić information content (AvgIpc) is 2.41. The van der Waals surface area contributed by atoms with Crippen molar-refractivity contribution >= 4 is 17.6 Å². The first kappa shape index (κ1) is 16.6. The summed E-state index contributed by atoms with van der Waals surface area (Å²) in [6.45, 7) is 0.511. The minimum atomic E-state index is -4.50. The number of aromatic nitrogens is 1. The van der Waals surface area contributed by atoms with Crippen LogP contribution in [0.4, 0.5) is 19.0 Å². The molecular formula is C13H16F3N3S. The lowest BCUT2D eigenvalue weighted by atomic mass is 10.2. The summed E-state index contributed by atoms with van der Waals surface area (Å²) < 4.78 is 37.7. The minimum Gasteiger partial charge on any atom is -0.369 e. The number of rotatable bonds is 7. The Morgan fingerprint density at radius 3 is 2.65 bits per heavy atom. The highest BCUT2D eigenvalue weighted by molar-refractivity contribution is 7.98. The largest absolute Gasteiger partial charge is 0.433 e. The molecule has 7 heteroatoms. The molecule has 20 heavy (non-hydrogen) atoms. The van der Waals surface area contributed by atoms with Crippen molar-refractivity contribution in [2.24, 2.45) is 0 Å². The number of halogens is 3. The van der Waals surface area contributed by atoms with E-state index in [2.05, 4.69) is 10.3 Å². The quantitative estimate of drug-likeness (QED) is 0.776. The third-order valence-electron chi connectivity index (χ3n) is 2.62. The normalized spacial score (nSPS) is 11.2. The van der Waals surface area contributed by atoms with Crippen LogP contribution in [0.2, 0.25) is 0 Å². The lowest BCUT2D eigenvalue weighted by Gasteiger charge is -2.11. The van der Waals surface area contributed by atoms with Gasteiger partial charge in [0.2, 0.25) is 0 Å². The molecule has 1 aromatic rings. The highest BCUT2D eigenvalue weighted by Crippen LogP contribution is 2.29. The Morgan fingerprint density at radius 2 is 2.05 bits per heavy atom. The predicted octanol–water partition coefficient (Wildman–Crippen LogP) is 3.92. The van der Waals surface area contributed by atoms with E-state index in [1.807, 2.05) is 12.3 Å². The van der Waals surface area contributed by atoms with Gasteiger partial charge in [0.1, 0.15) is 17.6 Å². The monoisotopic (exact) mass is 303 g/mol.